The van der Waals surface area contributed by atoms with Crippen molar-refractivity contribution in [1.29, 1.82) is 0 Å². The monoisotopic (exact) mass is 241 g/mol. The molecule has 1 aliphatic heterocycles. The van der Waals surface area contributed by atoms with Crippen LogP contribution in [0.5, 0.6) is 0 Å². The molecule has 1 heterocycles. The van der Waals surface area contributed by atoms with Crippen molar-refractivity contribution in [1.82, 2.24) is 4.90 Å². The predicted molar refractivity (Wildman–Crippen MR) is 64.6 cm³/mol. The van der Waals surface area contributed by atoms with Crippen LogP contribution in [0.4, 0.5) is 0 Å². The second-order valence-corrected chi connectivity index (χ2v) is 5.26. The fourth-order valence-electron chi connectivity index (χ4n) is 2.87. The molecule has 2 fully saturated rings. The minimum absolute atomic E-state index is 0.0117. The molecule has 98 valence electrons. The summed E-state index contributed by atoms with van der Waals surface area (Å²) < 4.78 is 5.48. The fourth-order valence-corrected chi connectivity index (χ4v) is 2.87. The molecule has 1 aliphatic carbocycles. The molecule has 0 bridgehead atoms. The van der Waals surface area contributed by atoms with Gasteiger partial charge in [-0.25, -0.2) is 0 Å². The number of hydrogen-bond donors (Lipinski definition) is 1. The summed E-state index contributed by atoms with van der Waals surface area (Å²) in [6.45, 7) is 0.785. The van der Waals surface area contributed by atoms with E-state index in [1.54, 1.807) is 4.90 Å². The molecule has 2 aliphatic rings. The fraction of sp³-hybridized carbons (Fsp3) is 0.923. The van der Waals surface area contributed by atoms with Crippen molar-refractivity contribution in [2.24, 2.45) is 0 Å². The third-order valence-corrected chi connectivity index (χ3v) is 4.01. The molecule has 2 rings (SSSR count). The summed E-state index contributed by atoms with van der Waals surface area (Å²) in [5.41, 5.74) is 0. The number of amides is 1. The first kappa shape index (κ1) is 12.8. The Morgan fingerprint density at radius 1 is 1.29 bits per heavy atom. The molecule has 3 atom stereocenters. The first-order valence-electron chi connectivity index (χ1n) is 6.74. The Bertz CT molecular complexity index is 263. The SMILES string of the molecule is CN(C(=O)CC1CCCO1)C1CCCCC1O. The standard InChI is InChI=1S/C13H23NO3/c1-14(11-6-2-3-7-12(11)15)13(16)9-10-5-4-8-17-10/h10-12,15H,2-9H2,1H3. The van der Waals surface area contributed by atoms with Gasteiger partial charge >= 0.3 is 0 Å². The predicted octanol–water partition coefficient (Wildman–Crippen LogP) is 1.32. The summed E-state index contributed by atoms with van der Waals surface area (Å²) in [5, 5.41) is 9.92. The minimum Gasteiger partial charge on any atom is -0.391 e. The first-order chi connectivity index (χ1) is 8.18. The lowest BCUT2D eigenvalue weighted by Crippen LogP contribution is -2.46. The Labute approximate surface area is 103 Å². The minimum atomic E-state index is -0.345. The van der Waals surface area contributed by atoms with Gasteiger partial charge in [-0.05, 0) is 25.7 Å². The molecule has 1 N–H and O–H groups in total. The molecule has 4 nitrogen and oxygen atoms in total. The van der Waals surface area contributed by atoms with Gasteiger partial charge in [0, 0.05) is 13.7 Å². The van der Waals surface area contributed by atoms with Crippen LogP contribution in [0.25, 0.3) is 0 Å². The molecular formula is C13H23NO3. The van der Waals surface area contributed by atoms with E-state index in [9.17, 15) is 9.90 Å². The van der Waals surface area contributed by atoms with Crippen molar-refractivity contribution in [2.75, 3.05) is 13.7 Å². The average molecular weight is 241 g/mol. The van der Waals surface area contributed by atoms with Gasteiger partial charge in [-0.15, -0.1) is 0 Å². The lowest BCUT2D eigenvalue weighted by atomic mass is 9.91. The highest BCUT2D eigenvalue weighted by Crippen LogP contribution is 2.24. The van der Waals surface area contributed by atoms with Crippen LogP contribution >= 0.6 is 0 Å². The van der Waals surface area contributed by atoms with Crippen LogP contribution in [-0.4, -0.2) is 47.8 Å². The normalized spacial score (nSPS) is 33.6. The topological polar surface area (TPSA) is 49.8 Å². The summed E-state index contributed by atoms with van der Waals surface area (Å²) in [7, 11) is 1.82. The molecular weight excluding hydrogens is 218 g/mol. The zero-order valence-corrected chi connectivity index (χ0v) is 10.6. The Hall–Kier alpha value is -0.610. The van der Waals surface area contributed by atoms with E-state index in [-0.39, 0.29) is 24.2 Å². The second kappa shape index (κ2) is 5.83. The highest BCUT2D eigenvalue weighted by molar-refractivity contribution is 5.76. The van der Waals surface area contributed by atoms with Gasteiger partial charge in [0.15, 0.2) is 0 Å². The summed E-state index contributed by atoms with van der Waals surface area (Å²) in [5.74, 6) is 0.114. The van der Waals surface area contributed by atoms with Gasteiger partial charge in [0.1, 0.15) is 0 Å². The number of likely N-dealkylation sites (N-methyl/N-ethyl adjacent to an activating group) is 1. The lowest BCUT2D eigenvalue weighted by Gasteiger charge is -2.35. The number of rotatable bonds is 3. The number of carbonyl (C=O) groups is 1. The van der Waals surface area contributed by atoms with Crippen molar-refractivity contribution in [3.05, 3.63) is 0 Å². The third-order valence-electron chi connectivity index (χ3n) is 4.01. The highest BCUT2D eigenvalue weighted by Gasteiger charge is 2.30. The van der Waals surface area contributed by atoms with Crippen LogP contribution in [-0.2, 0) is 9.53 Å². The van der Waals surface area contributed by atoms with Gasteiger partial charge in [0.05, 0.1) is 24.7 Å². The van der Waals surface area contributed by atoms with Gasteiger partial charge in [-0.1, -0.05) is 12.8 Å². The zero-order valence-electron chi connectivity index (χ0n) is 10.6. The van der Waals surface area contributed by atoms with E-state index >= 15 is 0 Å². The smallest absolute Gasteiger partial charge is 0.225 e. The quantitative estimate of drug-likeness (QED) is 0.810. The van der Waals surface area contributed by atoms with Gasteiger partial charge in [-0.2, -0.15) is 0 Å². The van der Waals surface area contributed by atoms with Crippen LogP contribution in [0.2, 0.25) is 0 Å². The van der Waals surface area contributed by atoms with Crippen LogP contribution in [0.15, 0.2) is 0 Å². The zero-order chi connectivity index (χ0) is 12.3. The Morgan fingerprint density at radius 2 is 2.06 bits per heavy atom. The number of nitrogens with zero attached hydrogens (tertiary/aromatic N) is 1. The van der Waals surface area contributed by atoms with E-state index in [1.807, 2.05) is 7.05 Å². The number of ether oxygens (including phenoxy) is 1. The van der Waals surface area contributed by atoms with Crippen molar-refractivity contribution in [3.63, 3.8) is 0 Å². The first-order valence-corrected chi connectivity index (χ1v) is 6.74. The van der Waals surface area contributed by atoms with Gasteiger partial charge in [-0.3, -0.25) is 4.79 Å². The van der Waals surface area contributed by atoms with Crippen molar-refractivity contribution in [2.45, 2.75) is 63.2 Å². The molecule has 1 saturated carbocycles. The maximum absolute atomic E-state index is 12.1. The van der Waals surface area contributed by atoms with E-state index < -0.39 is 0 Å². The molecule has 0 aromatic heterocycles. The molecule has 3 unspecified atom stereocenters. The van der Waals surface area contributed by atoms with Crippen LogP contribution in [0.1, 0.15) is 44.9 Å². The number of carbonyl (C=O) groups excluding carboxylic acids is 1. The van der Waals surface area contributed by atoms with E-state index in [0.29, 0.717) is 6.42 Å². The number of aliphatic hydroxyl groups excluding tert-OH is 1. The summed E-state index contributed by atoms with van der Waals surface area (Å²) >= 11 is 0. The van der Waals surface area contributed by atoms with E-state index in [1.165, 1.54) is 0 Å². The van der Waals surface area contributed by atoms with E-state index in [4.69, 9.17) is 4.74 Å². The third kappa shape index (κ3) is 3.19. The van der Waals surface area contributed by atoms with Crippen molar-refractivity contribution < 1.29 is 14.6 Å². The number of hydrogen-bond acceptors (Lipinski definition) is 3. The molecule has 4 heteroatoms. The van der Waals surface area contributed by atoms with Crippen LogP contribution in [0, 0.1) is 0 Å². The molecule has 0 spiro atoms. The largest absolute Gasteiger partial charge is 0.391 e. The summed E-state index contributed by atoms with van der Waals surface area (Å²) in [6, 6.07) is 0.0117. The summed E-state index contributed by atoms with van der Waals surface area (Å²) in [4.78, 5) is 13.8. The molecule has 17 heavy (non-hydrogen) atoms. The van der Waals surface area contributed by atoms with Gasteiger partial charge in [0.25, 0.3) is 0 Å². The second-order valence-electron chi connectivity index (χ2n) is 5.26. The Kier molecular flexibility index (Phi) is 4.40. The van der Waals surface area contributed by atoms with Crippen molar-refractivity contribution in [3.8, 4) is 0 Å². The Balaban J connectivity index is 1.84. The Morgan fingerprint density at radius 3 is 2.71 bits per heavy atom. The molecule has 0 radical (unpaired) electrons. The van der Waals surface area contributed by atoms with E-state index in [2.05, 4.69) is 0 Å². The molecule has 0 aromatic carbocycles. The lowest BCUT2D eigenvalue weighted by molar-refractivity contribution is -0.137. The van der Waals surface area contributed by atoms with Crippen LogP contribution in [0.3, 0.4) is 0 Å². The van der Waals surface area contributed by atoms with E-state index in [0.717, 1.165) is 45.1 Å². The highest BCUT2D eigenvalue weighted by atomic mass is 16.5. The summed E-state index contributed by atoms with van der Waals surface area (Å²) in [6.07, 6.45) is 6.22. The molecule has 1 saturated heterocycles. The average Bonchev–Trinajstić information content (AvgIpc) is 2.81. The van der Waals surface area contributed by atoms with Crippen LogP contribution < -0.4 is 0 Å². The van der Waals surface area contributed by atoms with Crippen molar-refractivity contribution >= 4 is 5.91 Å². The maximum atomic E-state index is 12.1. The van der Waals surface area contributed by atoms with Gasteiger partial charge in [0.2, 0.25) is 5.91 Å². The number of aliphatic hydroxyl groups is 1. The van der Waals surface area contributed by atoms with Gasteiger partial charge < -0.3 is 14.7 Å². The molecule has 1 amide bonds. The maximum Gasteiger partial charge on any atom is 0.225 e. The molecule has 0 aromatic rings.